The molecule has 0 spiro atoms. The average Bonchev–Trinajstić information content (AvgIpc) is 2.56. The van der Waals surface area contributed by atoms with E-state index in [1.165, 1.54) is 4.68 Å². The molecule has 0 fully saturated rings. The smallest absolute Gasteiger partial charge is 0.274 e. The highest BCUT2D eigenvalue weighted by molar-refractivity contribution is 5.97. The van der Waals surface area contributed by atoms with Crippen LogP contribution in [0, 0.1) is 5.92 Å². The summed E-state index contributed by atoms with van der Waals surface area (Å²) in [5.41, 5.74) is 6.21. The van der Waals surface area contributed by atoms with Crippen LogP contribution in [0.2, 0.25) is 0 Å². The molecule has 6 heteroatoms. The number of aliphatic hydroxyl groups excluding tert-OH is 1. The molecule has 0 aromatic carbocycles. The van der Waals surface area contributed by atoms with Crippen LogP contribution in [0.15, 0.2) is 6.20 Å². The molecule has 0 aliphatic heterocycles. The second-order valence-corrected chi connectivity index (χ2v) is 4.03. The van der Waals surface area contributed by atoms with Gasteiger partial charge < -0.3 is 16.2 Å². The molecule has 2 unspecified atom stereocenters. The molecule has 0 aliphatic rings. The van der Waals surface area contributed by atoms with E-state index in [9.17, 15) is 4.79 Å². The van der Waals surface area contributed by atoms with Crippen LogP contribution in [0.1, 0.15) is 24.3 Å². The molecule has 0 radical (unpaired) electrons. The summed E-state index contributed by atoms with van der Waals surface area (Å²) in [6.07, 6.45) is 1.58. The number of hydrogen-bond donors (Lipinski definition) is 3. The van der Waals surface area contributed by atoms with Gasteiger partial charge in [-0.05, 0) is 12.8 Å². The van der Waals surface area contributed by atoms with Gasteiger partial charge in [-0.25, -0.2) is 0 Å². The molecule has 1 amide bonds. The third-order valence-electron chi connectivity index (χ3n) is 2.57. The Labute approximate surface area is 94.4 Å². The van der Waals surface area contributed by atoms with Crippen LogP contribution in [0.25, 0.3) is 0 Å². The Morgan fingerprint density at radius 2 is 2.31 bits per heavy atom. The van der Waals surface area contributed by atoms with Crippen molar-refractivity contribution in [1.29, 1.82) is 0 Å². The van der Waals surface area contributed by atoms with Crippen molar-refractivity contribution in [3.8, 4) is 0 Å². The van der Waals surface area contributed by atoms with Gasteiger partial charge in [0.15, 0.2) is 5.69 Å². The maximum Gasteiger partial charge on any atom is 0.274 e. The van der Waals surface area contributed by atoms with E-state index in [0.717, 1.165) is 0 Å². The highest BCUT2D eigenvalue weighted by atomic mass is 16.3. The summed E-state index contributed by atoms with van der Waals surface area (Å²) in [6, 6.07) is -0.126. The van der Waals surface area contributed by atoms with Gasteiger partial charge in [-0.1, -0.05) is 6.92 Å². The number of nitrogens with one attached hydrogen (secondary N) is 1. The number of anilines is 1. The first kappa shape index (κ1) is 12.5. The first-order valence-corrected chi connectivity index (χ1v) is 5.16. The number of aliphatic hydroxyl groups is 1. The molecule has 6 nitrogen and oxygen atoms in total. The lowest BCUT2D eigenvalue weighted by atomic mass is 10.1. The van der Waals surface area contributed by atoms with Gasteiger partial charge in [0.05, 0.1) is 5.69 Å². The summed E-state index contributed by atoms with van der Waals surface area (Å²) >= 11 is 0. The minimum atomic E-state index is -0.314. The molecule has 90 valence electrons. The second kappa shape index (κ2) is 4.98. The van der Waals surface area contributed by atoms with E-state index in [0.29, 0.717) is 5.69 Å². The van der Waals surface area contributed by atoms with E-state index in [2.05, 4.69) is 10.4 Å². The van der Waals surface area contributed by atoms with E-state index in [1.54, 1.807) is 13.2 Å². The summed E-state index contributed by atoms with van der Waals surface area (Å²) in [6.45, 7) is 3.71. The zero-order valence-corrected chi connectivity index (χ0v) is 9.77. The highest BCUT2D eigenvalue weighted by Gasteiger charge is 2.18. The lowest BCUT2D eigenvalue weighted by Gasteiger charge is -2.18. The Kier molecular flexibility index (Phi) is 3.89. The monoisotopic (exact) mass is 226 g/mol. The lowest BCUT2D eigenvalue weighted by Crippen LogP contribution is -2.38. The van der Waals surface area contributed by atoms with E-state index < -0.39 is 0 Å². The number of nitrogens with zero attached hydrogens (tertiary/aromatic N) is 2. The number of amides is 1. The van der Waals surface area contributed by atoms with Crippen LogP contribution < -0.4 is 11.1 Å². The maximum atomic E-state index is 11.8. The zero-order chi connectivity index (χ0) is 12.3. The van der Waals surface area contributed by atoms with Gasteiger partial charge in [-0.15, -0.1) is 0 Å². The SMILES string of the molecule is CC(CO)C(C)NC(=O)c1nn(C)cc1N. The predicted octanol–water partition coefficient (Wildman–Crippen LogP) is -0.251. The van der Waals surface area contributed by atoms with Gasteiger partial charge in [0, 0.05) is 25.9 Å². The first-order valence-electron chi connectivity index (χ1n) is 5.16. The first-order chi connectivity index (χ1) is 7.45. The minimum Gasteiger partial charge on any atom is -0.396 e. The fourth-order valence-electron chi connectivity index (χ4n) is 1.26. The van der Waals surface area contributed by atoms with Crippen molar-refractivity contribution >= 4 is 11.6 Å². The largest absolute Gasteiger partial charge is 0.396 e. The molecule has 16 heavy (non-hydrogen) atoms. The molecule has 0 bridgehead atoms. The molecule has 4 N–H and O–H groups in total. The number of carbonyl (C=O) groups excluding carboxylic acids is 1. The quantitative estimate of drug-likeness (QED) is 0.660. The van der Waals surface area contributed by atoms with Crippen LogP contribution in [0.5, 0.6) is 0 Å². The standard InChI is InChI=1S/C10H18N4O2/c1-6(5-15)7(2)12-10(16)9-8(11)4-14(3)13-9/h4,6-7,15H,5,11H2,1-3H3,(H,12,16). The Bertz CT molecular complexity index is 375. The van der Waals surface area contributed by atoms with Crippen molar-refractivity contribution in [1.82, 2.24) is 15.1 Å². The molecule has 1 aromatic heterocycles. The summed E-state index contributed by atoms with van der Waals surface area (Å²) in [5, 5.41) is 15.7. The number of aryl methyl sites for hydroxylation is 1. The van der Waals surface area contributed by atoms with Gasteiger partial charge in [-0.2, -0.15) is 5.10 Å². The van der Waals surface area contributed by atoms with E-state index in [1.807, 2.05) is 13.8 Å². The lowest BCUT2D eigenvalue weighted by molar-refractivity contribution is 0.0911. The number of hydrogen-bond acceptors (Lipinski definition) is 4. The molecule has 0 saturated carbocycles. The number of aromatic nitrogens is 2. The van der Waals surface area contributed by atoms with Crippen molar-refractivity contribution < 1.29 is 9.90 Å². The molecule has 1 rings (SSSR count). The molecule has 2 atom stereocenters. The van der Waals surface area contributed by atoms with Crippen molar-refractivity contribution in [3.63, 3.8) is 0 Å². The van der Waals surface area contributed by atoms with Crippen LogP contribution >= 0.6 is 0 Å². The van der Waals surface area contributed by atoms with Gasteiger partial charge in [0.25, 0.3) is 5.91 Å². The van der Waals surface area contributed by atoms with Crippen LogP contribution in [0.3, 0.4) is 0 Å². The third kappa shape index (κ3) is 2.73. The molecule has 1 aromatic rings. The molecular weight excluding hydrogens is 208 g/mol. The van der Waals surface area contributed by atoms with E-state index in [-0.39, 0.29) is 30.2 Å². The van der Waals surface area contributed by atoms with Crippen molar-refractivity contribution in [2.45, 2.75) is 19.9 Å². The number of nitrogen functional groups attached to an aromatic ring is 1. The summed E-state index contributed by atoms with van der Waals surface area (Å²) in [4.78, 5) is 11.8. The second-order valence-electron chi connectivity index (χ2n) is 4.03. The topological polar surface area (TPSA) is 93.2 Å². The predicted molar refractivity (Wildman–Crippen MR) is 60.8 cm³/mol. The van der Waals surface area contributed by atoms with E-state index in [4.69, 9.17) is 10.8 Å². The highest BCUT2D eigenvalue weighted by Crippen LogP contribution is 2.09. The average molecular weight is 226 g/mol. The fraction of sp³-hybridized carbons (Fsp3) is 0.600. The minimum absolute atomic E-state index is 0.00566. The number of rotatable bonds is 4. The normalized spacial score (nSPS) is 14.5. The van der Waals surface area contributed by atoms with E-state index >= 15 is 0 Å². The Balaban J connectivity index is 2.69. The number of carbonyl (C=O) groups is 1. The zero-order valence-electron chi connectivity index (χ0n) is 9.77. The Morgan fingerprint density at radius 1 is 1.69 bits per heavy atom. The summed E-state index contributed by atoms with van der Waals surface area (Å²) < 4.78 is 1.49. The van der Waals surface area contributed by atoms with Crippen LogP contribution in [-0.2, 0) is 7.05 Å². The molecule has 0 aliphatic carbocycles. The van der Waals surface area contributed by atoms with Crippen LogP contribution in [-0.4, -0.2) is 33.4 Å². The Hall–Kier alpha value is -1.56. The van der Waals surface area contributed by atoms with Crippen molar-refractivity contribution in [3.05, 3.63) is 11.9 Å². The van der Waals surface area contributed by atoms with Crippen LogP contribution in [0.4, 0.5) is 5.69 Å². The Morgan fingerprint density at radius 3 is 2.75 bits per heavy atom. The maximum absolute atomic E-state index is 11.8. The van der Waals surface area contributed by atoms with Gasteiger partial charge in [-0.3, -0.25) is 9.48 Å². The van der Waals surface area contributed by atoms with Crippen molar-refractivity contribution in [2.24, 2.45) is 13.0 Å². The molecular formula is C10H18N4O2. The summed E-state index contributed by atoms with van der Waals surface area (Å²) in [7, 11) is 1.70. The molecule has 0 saturated heterocycles. The molecule has 1 heterocycles. The number of nitrogens with two attached hydrogens (primary N) is 1. The van der Waals surface area contributed by atoms with Gasteiger partial charge in [0.2, 0.25) is 0 Å². The third-order valence-corrected chi connectivity index (χ3v) is 2.57. The van der Waals surface area contributed by atoms with Crippen molar-refractivity contribution in [2.75, 3.05) is 12.3 Å². The summed E-state index contributed by atoms with van der Waals surface area (Å²) in [5.74, 6) is -0.320. The van der Waals surface area contributed by atoms with Gasteiger partial charge >= 0.3 is 0 Å². The van der Waals surface area contributed by atoms with Gasteiger partial charge in [0.1, 0.15) is 0 Å². The fourth-order valence-corrected chi connectivity index (χ4v) is 1.26.